The summed E-state index contributed by atoms with van der Waals surface area (Å²) in [6.45, 7) is 20.9. The maximum absolute atomic E-state index is 13.3. The molecule has 1 fully saturated rings. The first-order valence-corrected chi connectivity index (χ1v) is 14.9. The third kappa shape index (κ3) is 3.11. The summed E-state index contributed by atoms with van der Waals surface area (Å²) in [7, 11) is -1.89. The molecule has 3 nitrogen and oxygen atoms in total. The Morgan fingerprint density at radius 2 is 1.83 bits per heavy atom. The number of hydrogen-bond donors (Lipinski definition) is 0. The molecule has 0 saturated heterocycles. The van der Waals surface area contributed by atoms with Gasteiger partial charge in [0.15, 0.2) is 8.32 Å². The van der Waals surface area contributed by atoms with E-state index < -0.39 is 8.32 Å². The van der Waals surface area contributed by atoms with E-state index in [2.05, 4.69) is 61.6 Å². The van der Waals surface area contributed by atoms with Gasteiger partial charge >= 0.3 is 0 Å². The molecular formula is C26H42O3Si. The van der Waals surface area contributed by atoms with E-state index in [4.69, 9.17) is 8.84 Å². The average molecular weight is 431 g/mol. The molecule has 0 spiro atoms. The summed E-state index contributed by atoms with van der Waals surface area (Å²) >= 11 is 0. The van der Waals surface area contributed by atoms with Gasteiger partial charge in [-0.05, 0) is 66.5 Å². The molecular weight excluding hydrogens is 388 g/mol. The van der Waals surface area contributed by atoms with E-state index in [1.165, 1.54) is 11.1 Å². The zero-order valence-corrected chi connectivity index (χ0v) is 21.6. The van der Waals surface area contributed by atoms with Crippen LogP contribution in [0.3, 0.4) is 0 Å². The van der Waals surface area contributed by atoms with Crippen LogP contribution in [0.15, 0.2) is 10.7 Å². The summed E-state index contributed by atoms with van der Waals surface area (Å²) in [4.78, 5) is 13.3. The predicted octanol–water partition coefficient (Wildman–Crippen LogP) is 7.52. The van der Waals surface area contributed by atoms with Crippen LogP contribution in [0.5, 0.6) is 0 Å². The molecule has 1 saturated carbocycles. The van der Waals surface area contributed by atoms with E-state index >= 15 is 0 Å². The van der Waals surface area contributed by atoms with E-state index in [1.807, 2.05) is 6.26 Å². The van der Waals surface area contributed by atoms with Crippen molar-refractivity contribution in [2.45, 2.75) is 116 Å². The molecule has 5 atom stereocenters. The molecule has 0 aromatic carbocycles. The highest BCUT2D eigenvalue weighted by atomic mass is 28.4. The summed E-state index contributed by atoms with van der Waals surface area (Å²) in [5.41, 5.74) is 2.69. The van der Waals surface area contributed by atoms with Crippen LogP contribution >= 0.6 is 0 Å². The van der Waals surface area contributed by atoms with Crippen molar-refractivity contribution in [1.82, 2.24) is 0 Å². The fraction of sp³-hybridized carbons (Fsp3) is 0.808. The molecule has 0 amide bonds. The Morgan fingerprint density at radius 1 is 1.17 bits per heavy atom. The lowest BCUT2D eigenvalue weighted by Gasteiger charge is -2.43. The van der Waals surface area contributed by atoms with Crippen molar-refractivity contribution in [1.29, 1.82) is 0 Å². The molecule has 0 unspecified atom stereocenters. The quantitative estimate of drug-likeness (QED) is 0.465. The highest BCUT2D eigenvalue weighted by Crippen LogP contribution is 2.63. The minimum Gasteiger partial charge on any atom is -0.468 e. The number of rotatable bonds is 3. The molecule has 30 heavy (non-hydrogen) atoms. The van der Waals surface area contributed by atoms with Crippen molar-refractivity contribution in [3.63, 3.8) is 0 Å². The number of ketones is 1. The minimum absolute atomic E-state index is 0.00695. The van der Waals surface area contributed by atoms with Crippen LogP contribution in [-0.4, -0.2) is 14.1 Å². The van der Waals surface area contributed by atoms with E-state index in [-0.39, 0.29) is 27.9 Å². The summed E-state index contributed by atoms with van der Waals surface area (Å²) in [5.74, 6) is 2.26. The zero-order valence-electron chi connectivity index (χ0n) is 20.6. The largest absolute Gasteiger partial charge is 0.468 e. The Bertz CT molecular complexity index is 845. The van der Waals surface area contributed by atoms with Gasteiger partial charge in [-0.3, -0.25) is 4.79 Å². The smallest absolute Gasteiger partial charge is 0.192 e. The molecule has 0 bridgehead atoms. The minimum atomic E-state index is -1.89. The number of Topliss-reactive ketones (excluding diaryl/α,β-unsaturated/α-hetero) is 1. The third-order valence-corrected chi connectivity index (χ3v) is 14.0. The normalized spacial score (nSPS) is 36.6. The molecule has 1 aromatic heterocycles. The van der Waals surface area contributed by atoms with Crippen molar-refractivity contribution in [3.05, 3.63) is 23.2 Å². The van der Waals surface area contributed by atoms with Crippen LogP contribution in [0.25, 0.3) is 0 Å². The fourth-order valence-corrected chi connectivity index (χ4v) is 7.89. The van der Waals surface area contributed by atoms with Gasteiger partial charge < -0.3 is 8.84 Å². The standard InChI is InChI=1S/C26H42O3Si/c1-16(2)18-14-19(27)22-23-21-17(15-28-23)20(29-30(8,9)24(3,4)5)10-11-25(21,6)12-13-26(18,22)7/h15-16,18,20,22H,10-14H2,1-9H3/t18-,20+,22-,25+,26-/m1/s1. The monoisotopic (exact) mass is 430 g/mol. The Kier molecular flexibility index (Phi) is 5.07. The molecule has 1 heterocycles. The molecule has 4 heteroatoms. The van der Waals surface area contributed by atoms with E-state index in [0.29, 0.717) is 24.0 Å². The van der Waals surface area contributed by atoms with E-state index in [1.54, 1.807) is 0 Å². The average Bonchev–Trinajstić information content (AvgIpc) is 3.12. The van der Waals surface area contributed by atoms with Gasteiger partial charge in [0.25, 0.3) is 0 Å². The second-order valence-electron chi connectivity index (χ2n) is 12.9. The van der Waals surface area contributed by atoms with Gasteiger partial charge in [0, 0.05) is 17.5 Å². The van der Waals surface area contributed by atoms with E-state index in [9.17, 15) is 4.79 Å². The van der Waals surface area contributed by atoms with Crippen LogP contribution in [-0.2, 0) is 14.6 Å². The van der Waals surface area contributed by atoms with Crippen molar-refractivity contribution < 1.29 is 13.6 Å². The first-order chi connectivity index (χ1) is 13.7. The van der Waals surface area contributed by atoms with Crippen molar-refractivity contribution in [2.75, 3.05) is 0 Å². The topological polar surface area (TPSA) is 39.4 Å². The number of carbonyl (C=O) groups is 1. The van der Waals surface area contributed by atoms with Crippen molar-refractivity contribution in [2.24, 2.45) is 17.3 Å². The Hall–Kier alpha value is -0.873. The zero-order chi connectivity index (χ0) is 22.3. The van der Waals surface area contributed by atoms with Crippen LogP contribution in [0.4, 0.5) is 0 Å². The van der Waals surface area contributed by atoms with Gasteiger partial charge in [-0.1, -0.05) is 48.5 Å². The summed E-state index contributed by atoms with van der Waals surface area (Å²) < 4.78 is 13.3. The van der Waals surface area contributed by atoms with Crippen LogP contribution in [0, 0.1) is 17.3 Å². The molecule has 0 radical (unpaired) electrons. The maximum atomic E-state index is 13.3. The molecule has 3 aliphatic rings. The summed E-state index contributed by atoms with van der Waals surface area (Å²) in [6, 6.07) is 0. The number of hydrogen-bond acceptors (Lipinski definition) is 3. The maximum Gasteiger partial charge on any atom is 0.192 e. The fourth-order valence-electron chi connectivity index (χ4n) is 6.58. The highest BCUT2D eigenvalue weighted by Gasteiger charge is 2.59. The molecule has 0 N–H and O–H groups in total. The van der Waals surface area contributed by atoms with Gasteiger partial charge in [0.2, 0.25) is 0 Å². The Labute approximate surface area is 184 Å². The predicted molar refractivity (Wildman–Crippen MR) is 124 cm³/mol. The number of carbonyl (C=O) groups excluding carboxylic acids is 1. The van der Waals surface area contributed by atoms with Gasteiger partial charge in [-0.15, -0.1) is 0 Å². The van der Waals surface area contributed by atoms with Gasteiger partial charge in [-0.25, -0.2) is 0 Å². The highest BCUT2D eigenvalue weighted by molar-refractivity contribution is 6.74. The second kappa shape index (κ2) is 6.81. The first-order valence-electron chi connectivity index (χ1n) is 12.0. The van der Waals surface area contributed by atoms with Crippen LogP contribution in [0.2, 0.25) is 18.1 Å². The number of fused-ring (bicyclic) bond motifs is 2. The molecule has 0 aliphatic heterocycles. The summed E-state index contributed by atoms with van der Waals surface area (Å²) in [6.07, 6.45) is 7.19. The number of furan rings is 1. The Morgan fingerprint density at radius 3 is 2.43 bits per heavy atom. The molecule has 4 rings (SSSR count). The van der Waals surface area contributed by atoms with Crippen molar-refractivity contribution in [3.8, 4) is 0 Å². The van der Waals surface area contributed by atoms with Gasteiger partial charge in [-0.2, -0.15) is 0 Å². The van der Waals surface area contributed by atoms with Crippen LogP contribution in [0.1, 0.15) is 109 Å². The molecule has 168 valence electrons. The first kappa shape index (κ1) is 22.3. The van der Waals surface area contributed by atoms with Crippen LogP contribution < -0.4 is 0 Å². The Balaban J connectivity index is 1.79. The molecule has 1 aromatic rings. The lowest BCUT2D eigenvalue weighted by molar-refractivity contribution is -0.119. The second-order valence-corrected chi connectivity index (χ2v) is 17.6. The lowest BCUT2D eigenvalue weighted by Crippen LogP contribution is -2.43. The SMILES string of the molecule is CC(C)[C@H]1CC(=O)[C@@H]2c3occ4c3[C@@](C)(CC[C@@H]4O[Si](C)(C)C(C)(C)C)CC[C@@]21C. The summed E-state index contributed by atoms with van der Waals surface area (Å²) in [5, 5.41) is 0.179. The lowest BCUT2D eigenvalue weighted by atomic mass is 9.66. The molecule has 3 aliphatic carbocycles. The van der Waals surface area contributed by atoms with Crippen molar-refractivity contribution >= 4 is 14.1 Å². The van der Waals surface area contributed by atoms with Gasteiger partial charge in [0.1, 0.15) is 11.5 Å². The van der Waals surface area contributed by atoms with Gasteiger partial charge in [0.05, 0.1) is 18.3 Å². The third-order valence-electron chi connectivity index (χ3n) is 9.53. The van der Waals surface area contributed by atoms with E-state index in [0.717, 1.165) is 31.4 Å².